The summed E-state index contributed by atoms with van der Waals surface area (Å²) in [6.07, 6.45) is 2.81. The zero-order chi connectivity index (χ0) is 20.7. The van der Waals surface area contributed by atoms with Gasteiger partial charge in [-0.05, 0) is 31.0 Å². The highest BCUT2D eigenvalue weighted by Gasteiger charge is 2.29. The molecule has 1 saturated heterocycles. The number of piperidine rings is 1. The standard InChI is InChI=1S/C20H26N2O6/c1-4-10-28-16-8-7-14(11-17(16)27-3)19(24)21(2)13-18(23)22-9-5-6-15(12-22)20(25)26/h4,7-8,11,15H,1,5-6,9-10,12-13H2,2-3H3,(H,25,26). The lowest BCUT2D eigenvalue weighted by molar-refractivity contribution is -0.145. The van der Waals surface area contributed by atoms with Gasteiger partial charge in [0, 0.05) is 25.7 Å². The van der Waals surface area contributed by atoms with Crippen LogP contribution >= 0.6 is 0 Å². The highest BCUT2D eigenvalue weighted by atomic mass is 16.5. The van der Waals surface area contributed by atoms with Gasteiger partial charge < -0.3 is 24.4 Å². The molecule has 2 amide bonds. The molecule has 8 nitrogen and oxygen atoms in total. The number of carboxylic acid groups (broad SMARTS) is 1. The average molecular weight is 390 g/mol. The largest absolute Gasteiger partial charge is 0.493 e. The van der Waals surface area contributed by atoms with Crippen molar-refractivity contribution in [1.82, 2.24) is 9.80 Å². The van der Waals surface area contributed by atoms with Crippen LogP contribution in [0.5, 0.6) is 11.5 Å². The number of hydrogen-bond donors (Lipinski definition) is 1. The molecule has 0 spiro atoms. The Bertz CT molecular complexity index is 748. The number of carbonyl (C=O) groups excluding carboxylic acids is 2. The van der Waals surface area contributed by atoms with Gasteiger partial charge in [0.05, 0.1) is 19.6 Å². The van der Waals surface area contributed by atoms with Crippen LogP contribution in [0.4, 0.5) is 0 Å². The predicted molar refractivity (Wildman–Crippen MR) is 103 cm³/mol. The van der Waals surface area contributed by atoms with Gasteiger partial charge in [-0.15, -0.1) is 0 Å². The average Bonchev–Trinajstić information content (AvgIpc) is 2.71. The number of carbonyl (C=O) groups is 3. The van der Waals surface area contributed by atoms with Crippen molar-refractivity contribution >= 4 is 17.8 Å². The number of ether oxygens (including phenoxy) is 2. The van der Waals surface area contributed by atoms with E-state index in [0.29, 0.717) is 43.1 Å². The third kappa shape index (κ3) is 5.25. The molecule has 1 aliphatic rings. The quantitative estimate of drug-likeness (QED) is 0.678. The minimum atomic E-state index is -0.896. The van der Waals surface area contributed by atoms with Gasteiger partial charge >= 0.3 is 5.97 Å². The number of nitrogens with zero attached hydrogens (tertiary/aromatic N) is 2. The van der Waals surface area contributed by atoms with E-state index >= 15 is 0 Å². The van der Waals surface area contributed by atoms with E-state index in [1.54, 1.807) is 24.3 Å². The first-order chi connectivity index (χ1) is 13.4. The van der Waals surface area contributed by atoms with E-state index < -0.39 is 11.9 Å². The second-order valence-electron chi connectivity index (χ2n) is 6.64. The van der Waals surface area contributed by atoms with E-state index in [1.807, 2.05) is 0 Å². The van der Waals surface area contributed by atoms with Crippen molar-refractivity contribution in [2.75, 3.05) is 40.4 Å². The van der Waals surface area contributed by atoms with Crippen molar-refractivity contribution in [2.45, 2.75) is 12.8 Å². The van der Waals surface area contributed by atoms with Crippen LogP contribution < -0.4 is 9.47 Å². The Balaban J connectivity index is 2.02. The van der Waals surface area contributed by atoms with Crippen LogP contribution in [0, 0.1) is 5.92 Å². The summed E-state index contributed by atoms with van der Waals surface area (Å²) in [4.78, 5) is 39.2. The van der Waals surface area contributed by atoms with E-state index in [-0.39, 0.29) is 24.9 Å². The molecule has 0 aliphatic carbocycles. The molecule has 1 aliphatic heterocycles. The van der Waals surface area contributed by atoms with Crippen molar-refractivity contribution in [2.24, 2.45) is 5.92 Å². The lowest BCUT2D eigenvalue weighted by Crippen LogP contribution is -2.46. The third-order valence-corrected chi connectivity index (χ3v) is 4.61. The van der Waals surface area contributed by atoms with Gasteiger partial charge in [-0.25, -0.2) is 0 Å². The topological polar surface area (TPSA) is 96.4 Å². The maximum Gasteiger partial charge on any atom is 0.308 e. The summed E-state index contributed by atoms with van der Waals surface area (Å²) in [5, 5.41) is 9.15. The molecule has 0 aromatic heterocycles. The van der Waals surface area contributed by atoms with Crippen LogP contribution in [-0.2, 0) is 9.59 Å². The van der Waals surface area contributed by atoms with Crippen molar-refractivity contribution < 1.29 is 29.0 Å². The van der Waals surface area contributed by atoms with Gasteiger partial charge in [0.25, 0.3) is 5.91 Å². The number of hydrogen-bond acceptors (Lipinski definition) is 5. The number of likely N-dealkylation sites (tertiary alicyclic amines) is 1. The first kappa shape index (κ1) is 21.3. The zero-order valence-electron chi connectivity index (χ0n) is 16.2. The van der Waals surface area contributed by atoms with Gasteiger partial charge in [0.2, 0.25) is 5.91 Å². The summed E-state index contributed by atoms with van der Waals surface area (Å²) >= 11 is 0. The van der Waals surface area contributed by atoms with Crippen LogP contribution in [0.15, 0.2) is 30.9 Å². The summed E-state index contributed by atoms with van der Waals surface area (Å²) in [5.41, 5.74) is 0.361. The second-order valence-corrected chi connectivity index (χ2v) is 6.64. The van der Waals surface area contributed by atoms with Crippen LogP contribution in [0.1, 0.15) is 23.2 Å². The fraction of sp³-hybridized carbons (Fsp3) is 0.450. The smallest absolute Gasteiger partial charge is 0.308 e. The highest BCUT2D eigenvalue weighted by molar-refractivity contribution is 5.97. The third-order valence-electron chi connectivity index (χ3n) is 4.61. The lowest BCUT2D eigenvalue weighted by atomic mass is 9.98. The Kier molecular flexibility index (Phi) is 7.43. The van der Waals surface area contributed by atoms with Gasteiger partial charge in [0.1, 0.15) is 6.61 Å². The van der Waals surface area contributed by atoms with E-state index in [1.165, 1.54) is 24.0 Å². The number of aliphatic carboxylic acids is 1. The Morgan fingerprint density at radius 2 is 2.11 bits per heavy atom. The number of rotatable bonds is 8. The van der Waals surface area contributed by atoms with E-state index in [2.05, 4.69) is 6.58 Å². The molecule has 0 bridgehead atoms. The molecule has 0 radical (unpaired) electrons. The van der Waals surface area contributed by atoms with Crippen molar-refractivity contribution in [1.29, 1.82) is 0 Å². The monoisotopic (exact) mass is 390 g/mol. The Morgan fingerprint density at radius 1 is 1.36 bits per heavy atom. The first-order valence-corrected chi connectivity index (χ1v) is 9.05. The van der Waals surface area contributed by atoms with Crippen molar-refractivity contribution in [3.05, 3.63) is 36.4 Å². The van der Waals surface area contributed by atoms with Gasteiger partial charge in [-0.2, -0.15) is 0 Å². The maximum absolute atomic E-state index is 12.7. The zero-order valence-corrected chi connectivity index (χ0v) is 16.2. The molecular weight excluding hydrogens is 364 g/mol. The summed E-state index contributed by atoms with van der Waals surface area (Å²) < 4.78 is 10.7. The maximum atomic E-state index is 12.7. The molecule has 152 valence electrons. The SMILES string of the molecule is C=CCOc1ccc(C(=O)N(C)CC(=O)N2CCCC(C(=O)O)C2)cc1OC. The van der Waals surface area contributed by atoms with Crippen LogP contribution in [0.2, 0.25) is 0 Å². The van der Waals surface area contributed by atoms with Gasteiger partial charge in [-0.3, -0.25) is 14.4 Å². The molecule has 1 aromatic rings. The molecule has 1 fully saturated rings. The van der Waals surface area contributed by atoms with E-state index in [4.69, 9.17) is 14.6 Å². The van der Waals surface area contributed by atoms with Crippen molar-refractivity contribution in [3.8, 4) is 11.5 Å². The summed E-state index contributed by atoms with van der Waals surface area (Å²) in [7, 11) is 3.01. The molecule has 1 heterocycles. The first-order valence-electron chi connectivity index (χ1n) is 9.05. The predicted octanol–water partition coefficient (Wildman–Crippen LogP) is 1.66. The fourth-order valence-corrected chi connectivity index (χ4v) is 3.07. The minimum Gasteiger partial charge on any atom is -0.493 e. The molecule has 2 rings (SSSR count). The van der Waals surface area contributed by atoms with Crippen LogP contribution in [-0.4, -0.2) is 73.1 Å². The number of likely N-dealkylation sites (N-methyl/N-ethyl adjacent to an activating group) is 1. The number of carboxylic acids is 1. The van der Waals surface area contributed by atoms with Gasteiger partial charge in [-0.1, -0.05) is 12.7 Å². The molecule has 0 saturated carbocycles. The molecule has 1 N–H and O–H groups in total. The Morgan fingerprint density at radius 3 is 2.75 bits per heavy atom. The normalized spacial score (nSPS) is 16.2. The number of benzene rings is 1. The fourth-order valence-electron chi connectivity index (χ4n) is 3.07. The van der Waals surface area contributed by atoms with Gasteiger partial charge in [0.15, 0.2) is 11.5 Å². The summed E-state index contributed by atoms with van der Waals surface area (Å²) in [6.45, 7) is 4.46. The minimum absolute atomic E-state index is 0.123. The molecule has 28 heavy (non-hydrogen) atoms. The Labute approximate surface area is 164 Å². The summed E-state index contributed by atoms with van der Waals surface area (Å²) in [6, 6.07) is 4.79. The van der Waals surface area contributed by atoms with Crippen LogP contribution in [0.25, 0.3) is 0 Å². The molecule has 1 aromatic carbocycles. The van der Waals surface area contributed by atoms with Crippen molar-refractivity contribution in [3.63, 3.8) is 0 Å². The van der Waals surface area contributed by atoms with E-state index in [0.717, 1.165) is 0 Å². The molecular formula is C20H26N2O6. The number of amides is 2. The Hall–Kier alpha value is -3.03. The summed E-state index contributed by atoms with van der Waals surface area (Å²) in [5.74, 6) is -1.15. The number of methoxy groups -OCH3 is 1. The second kappa shape index (κ2) is 9.77. The highest BCUT2D eigenvalue weighted by Crippen LogP contribution is 2.28. The van der Waals surface area contributed by atoms with E-state index in [9.17, 15) is 14.4 Å². The molecule has 8 heteroatoms. The lowest BCUT2D eigenvalue weighted by Gasteiger charge is -2.32. The van der Waals surface area contributed by atoms with Crippen LogP contribution in [0.3, 0.4) is 0 Å². The molecule has 1 unspecified atom stereocenters. The molecule has 1 atom stereocenters.